The standard InChI is InChI=1S/C15H19N3/c1-3-5-10-16-12-15-17-13-8-6-7-9-14(13)18(15)11-4-2/h6-9,16H,4,10-12H2,1-2H3. The predicted molar refractivity (Wildman–Crippen MR) is 75.2 cm³/mol. The Kier molecular flexibility index (Phi) is 4.38. The molecule has 1 N–H and O–H groups in total. The zero-order valence-corrected chi connectivity index (χ0v) is 11.0. The molecule has 0 amide bonds. The van der Waals surface area contributed by atoms with Gasteiger partial charge in [0, 0.05) is 6.54 Å². The second-order valence-corrected chi connectivity index (χ2v) is 4.20. The normalized spacial score (nSPS) is 10.3. The Morgan fingerprint density at radius 3 is 2.94 bits per heavy atom. The van der Waals surface area contributed by atoms with Crippen molar-refractivity contribution in [2.75, 3.05) is 6.54 Å². The first-order valence-corrected chi connectivity index (χ1v) is 6.41. The van der Waals surface area contributed by atoms with Crippen LogP contribution in [-0.2, 0) is 13.1 Å². The van der Waals surface area contributed by atoms with Gasteiger partial charge in [0.15, 0.2) is 0 Å². The molecule has 1 aromatic carbocycles. The van der Waals surface area contributed by atoms with Crippen molar-refractivity contribution >= 4 is 11.0 Å². The number of aromatic nitrogens is 2. The van der Waals surface area contributed by atoms with Crippen LogP contribution in [0.5, 0.6) is 0 Å². The fourth-order valence-corrected chi connectivity index (χ4v) is 2.06. The molecule has 0 atom stereocenters. The summed E-state index contributed by atoms with van der Waals surface area (Å²) in [7, 11) is 0. The molecule has 0 bridgehead atoms. The molecule has 0 spiro atoms. The van der Waals surface area contributed by atoms with Crippen molar-refractivity contribution in [1.29, 1.82) is 0 Å². The Morgan fingerprint density at radius 1 is 1.33 bits per heavy atom. The summed E-state index contributed by atoms with van der Waals surface area (Å²) < 4.78 is 2.29. The van der Waals surface area contributed by atoms with Crippen molar-refractivity contribution in [3.05, 3.63) is 30.1 Å². The van der Waals surface area contributed by atoms with Gasteiger partial charge >= 0.3 is 0 Å². The van der Waals surface area contributed by atoms with E-state index in [9.17, 15) is 0 Å². The molecule has 2 aromatic rings. The Labute approximate surface area is 108 Å². The van der Waals surface area contributed by atoms with Crippen molar-refractivity contribution in [3.8, 4) is 11.8 Å². The molecule has 0 aliphatic heterocycles. The minimum atomic E-state index is 0.714. The lowest BCUT2D eigenvalue weighted by molar-refractivity contribution is 0.620. The van der Waals surface area contributed by atoms with Crippen LogP contribution >= 0.6 is 0 Å². The summed E-state index contributed by atoms with van der Waals surface area (Å²) in [4.78, 5) is 4.68. The molecule has 0 aliphatic rings. The third kappa shape index (κ3) is 2.72. The van der Waals surface area contributed by atoms with Crippen LogP contribution in [0.15, 0.2) is 24.3 Å². The predicted octanol–water partition coefficient (Wildman–Crippen LogP) is 2.56. The molecule has 3 nitrogen and oxygen atoms in total. The number of benzene rings is 1. The van der Waals surface area contributed by atoms with Gasteiger partial charge in [0.25, 0.3) is 0 Å². The Hall–Kier alpha value is -1.79. The molecule has 0 fully saturated rings. The summed E-state index contributed by atoms with van der Waals surface area (Å²) >= 11 is 0. The van der Waals surface area contributed by atoms with Crippen LogP contribution in [0.25, 0.3) is 11.0 Å². The van der Waals surface area contributed by atoms with Crippen LogP contribution in [0.3, 0.4) is 0 Å². The first-order chi connectivity index (χ1) is 8.86. The van der Waals surface area contributed by atoms with E-state index in [-0.39, 0.29) is 0 Å². The van der Waals surface area contributed by atoms with Gasteiger partial charge < -0.3 is 4.57 Å². The van der Waals surface area contributed by atoms with E-state index in [1.807, 2.05) is 13.0 Å². The van der Waals surface area contributed by atoms with E-state index < -0.39 is 0 Å². The van der Waals surface area contributed by atoms with Crippen molar-refractivity contribution in [3.63, 3.8) is 0 Å². The summed E-state index contributed by atoms with van der Waals surface area (Å²) in [6.45, 7) is 6.54. The lowest BCUT2D eigenvalue weighted by Crippen LogP contribution is -2.17. The fraction of sp³-hybridized carbons (Fsp3) is 0.400. The molecule has 0 aliphatic carbocycles. The highest BCUT2D eigenvalue weighted by atomic mass is 15.1. The monoisotopic (exact) mass is 241 g/mol. The van der Waals surface area contributed by atoms with E-state index in [1.165, 1.54) is 5.52 Å². The second kappa shape index (κ2) is 6.23. The van der Waals surface area contributed by atoms with Crippen molar-refractivity contribution < 1.29 is 0 Å². The molecular weight excluding hydrogens is 222 g/mol. The number of aryl methyl sites for hydroxylation is 1. The lowest BCUT2D eigenvalue weighted by atomic mass is 10.3. The Bertz CT molecular complexity index is 572. The molecule has 0 radical (unpaired) electrons. The molecule has 18 heavy (non-hydrogen) atoms. The number of fused-ring (bicyclic) bond motifs is 1. The molecule has 3 heteroatoms. The second-order valence-electron chi connectivity index (χ2n) is 4.20. The largest absolute Gasteiger partial charge is 0.327 e. The number of hydrogen-bond donors (Lipinski definition) is 1. The summed E-state index contributed by atoms with van der Waals surface area (Å²) in [6.07, 6.45) is 1.11. The highest BCUT2D eigenvalue weighted by Crippen LogP contribution is 2.16. The number of hydrogen-bond acceptors (Lipinski definition) is 2. The van der Waals surface area contributed by atoms with Gasteiger partial charge in [-0.3, -0.25) is 5.32 Å². The van der Waals surface area contributed by atoms with E-state index in [4.69, 9.17) is 0 Å². The van der Waals surface area contributed by atoms with Gasteiger partial charge in [-0.1, -0.05) is 25.0 Å². The van der Waals surface area contributed by atoms with Gasteiger partial charge in [-0.05, 0) is 25.5 Å². The zero-order valence-electron chi connectivity index (χ0n) is 11.0. The minimum Gasteiger partial charge on any atom is -0.327 e. The Morgan fingerprint density at radius 2 is 2.17 bits per heavy atom. The van der Waals surface area contributed by atoms with E-state index in [2.05, 4.69) is 51.8 Å². The average Bonchev–Trinajstić information content (AvgIpc) is 2.74. The molecule has 0 saturated carbocycles. The summed E-state index contributed by atoms with van der Waals surface area (Å²) in [6, 6.07) is 8.30. The first-order valence-electron chi connectivity index (χ1n) is 6.41. The SMILES string of the molecule is CC#CCNCc1nc2ccccc2n1CCC. The smallest absolute Gasteiger partial charge is 0.123 e. The van der Waals surface area contributed by atoms with E-state index in [0.717, 1.165) is 30.9 Å². The fourth-order valence-electron chi connectivity index (χ4n) is 2.06. The van der Waals surface area contributed by atoms with E-state index >= 15 is 0 Å². The maximum absolute atomic E-state index is 4.68. The van der Waals surface area contributed by atoms with Crippen LogP contribution in [0.2, 0.25) is 0 Å². The van der Waals surface area contributed by atoms with Gasteiger partial charge in [-0.2, -0.15) is 0 Å². The summed E-state index contributed by atoms with van der Waals surface area (Å²) in [5.74, 6) is 6.98. The third-order valence-electron chi connectivity index (χ3n) is 2.85. The van der Waals surface area contributed by atoms with Crippen molar-refractivity contribution in [1.82, 2.24) is 14.9 Å². The van der Waals surface area contributed by atoms with Gasteiger partial charge in [0.05, 0.1) is 24.1 Å². The molecular formula is C15H19N3. The molecule has 0 unspecified atom stereocenters. The molecule has 1 heterocycles. The third-order valence-corrected chi connectivity index (χ3v) is 2.85. The highest BCUT2D eigenvalue weighted by Gasteiger charge is 2.08. The highest BCUT2D eigenvalue weighted by molar-refractivity contribution is 5.75. The van der Waals surface area contributed by atoms with Gasteiger partial charge in [0.2, 0.25) is 0 Å². The van der Waals surface area contributed by atoms with Crippen LogP contribution in [0.1, 0.15) is 26.1 Å². The Balaban J connectivity index is 2.23. The quantitative estimate of drug-likeness (QED) is 0.644. The first kappa shape index (κ1) is 12.7. The van der Waals surface area contributed by atoms with Crippen LogP contribution in [-0.4, -0.2) is 16.1 Å². The number of imidazole rings is 1. The molecule has 94 valence electrons. The van der Waals surface area contributed by atoms with Crippen LogP contribution < -0.4 is 5.32 Å². The topological polar surface area (TPSA) is 29.9 Å². The minimum absolute atomic E-state index is 0.714. The number of nitrogens with one attached hydrogen (secondary N) is 1. The zero-order chi connectivity index (χ0) is 12.8. The molecule has 2 rings (SSSR count). The van der Waals surface area contributed by atoms with Gasteiger partial charge in [0.1, 0.15) is 5.82 Å². The number of rotatable bonds is 5. The summed E-state index contributed by atoms with van der Waals surface area (Å²) in [5, 5.41) is 3.31. The van der Waals surface area contributed by atoms with Crippen molar-refractivity contribution in [2.45, 2.75) is 33.4 Å². The number of para-hydroxylation sites is 2. The molecule has 0 saturated heterocycles. The number of nitrogens with zero attached hydrogens (tertiary/aromatic N) is 2. The van der Waals surface area contributed by atoms with Crippen LogP contribution in [0, 0.1) is 11.8 Å². The van der Waals surface area contributed by atoms with Gasteiger partial charge in [-0.15, -0.1) is 5.92 Å². The maximum atomic E-state index is 4.68. The van der Waals surface area contributed by atoms with E-state index in [0.29, 0.717) is 6.54 Å². The summed E-state index contributed by atoms with van der Waals surface area (Å²) in [5.41, 5.74) is 2.29. The lowest BCUT2D eigenvalue weighted by Gasteiger charge is -2.07. The van der Waals surface area contributed by atoms with Crippen molar-refractivity contribution in [2.24, 2.45) is 0 Å². The van der Waals surface area contributed by atoms with Crippen LogP contribution in [0.4, 0.5) is 0 Å². The van der Waals surface area contributed by atoms with E-state index in [1.54, 1.807) is 0 Å². The average molecular weight is 241 g/mol. The van der Waals surface area contributed by atoms with Gasteiger partial charge in [-0.25, -0.2) is 4.98 Å². The molecule has 1 aromatic heterocycles. The maximum Gasteiger partial charge on any atom is 0.123 e.